The molecule has 3 rings (SSSR count). The first-order chi connectivity index (χ1) is 9.63. The average Bonchev–Trinajstić information content (AvgIpc) is 2.91. The highest BCUT2D eigenvalue weighted by molar-refractivity contribution is 5.90. The molecule has 4 heteroatoms. The molecule has 20 heavy (non-hydrogen) atoms. The molecule has 1 fully saturated rings. The van der Waals surface area contributed by atoms with Crippen LogP contribution in [0.25, 0.3) is 11.0 Å². The average molecular weight is 269 g/mol. The molecular formula is C16H19N3O. The zero-order valence-electron chi connectivity index (χ0n) is 11.7. The van der Waals surface area contributed by atoms with Crippen molar-refractivity contribution in [3.63, 3.8) is 0 Å². The van der Waals surface area contributed by atoms with E-state index in [1.54, 1.807) is 0 Å². The second kappa shape index (κ2) is 4.84. The normalized spacial score (nSPS) is 26.4. The molecule has 104 valence electrons. The first-order valence-electron chi connectivity index (χ1n) is 7.02. The molecule has 0 bridgehead atoms. The van der Waals surface area contributed by atoms with E-state index in [1.807, 2.05) is 24.5 Å². The van der Waals surface area contributed by atoms with Crippen molar-refractivity contribution in [2.45, 2.75) is 37.3 Å². The lowest BCUT2D eigenvalue weighted by molar-refractivity contribution is 0.327. The summed E-state index contributed by atoms with van der Waals surface area (Å²) in [4.78, 5) is 2.27. The van der Waals surface area contributed by atoms with Crippen molar-refractivity contribution in [3.05, 3.63) is 30.5 Å². The van der Waals surface area contributed by atoms with Gasteiger partial charge in [-0.25, -0.2) is 0 Å². The van der Waals surface area contributed by atoms with Gasteiger partial charge in [-0.05, 0) is 37.8 Å². The van der Waals surface area contributed by atoms with Crippen molar-refractivity contribution in [2.24, 2.45) is 5.73 Å². The van der Waals surface area contributed by atoms with Gasteiger partial charge in [-0.3, -0.25) is 0 Å². The number of hydrogen-bond donors (Lipinski definition) is 1. The van der Waals surface area contributed by atoms with Gasteiger partial charge in [-0.1, -0.05) is 12.1 Å². The van der Waals surface area contributed by atoms with Gasteiger partial charge in [-0.15, -0.1) is 0 Å². The predicted molar refractivity (Wildman–Crippen MR) is 79.4 cm³/mol. The lowest BCUT2D eigenvalue weighted by Crippen LogP contribution is -2.46. The number of nitriles is 1. The van der Waals surface area contributed by atoms with Crippen molar-refractivity contribution in [2.75, 3.05) is 11.9 Å². The number of furan rings is 1. The minimum Gasteiger partial charge on any atom is -0.462 e. The van der Waals surface area contributed by atoms with E-state index in [9.17, 15) is 0 Å². The van der Waals surface area contributed by atoms with Crippen molar-refractivity contribution in [3.8, 4) is 6.07 Å². The summed E-state index contributed by atoms with van der Waals surface area (Å²) >= 11 is 0. The van der Waals surface area contributed by atoms with Crippen molar-refractivity contribution in [1.29, 1.82) is 5.26 Å². The van der Waals surface area contributed by atoms with Gasteiger partial charge >= 0.3 is 0 Å². The molecule has 1 aromatic heterocycles. The Morgan fingerprint density at radius 3 is 2.75 bits per heavy atom. The van der Waals surface area contributed by atoms with E-state index in [1.165, 1.54) is 0 Å². The summed E-state index contributed by atoms with van der Waals surface area (Å²) < 4.78 is 5.60. The topological polar surface area (TPSA) is 66.2 Å². The van der Waals surface area contributed by atoms with Crippen molar-refractivity contribution in [1.82, 2.24) is 0 Å². The maximum atomic E-state index is 9.10. The molecule has 0 unspecified atom stereocenters. The Kier molecular flexibility index (Phi) is 3.15. The molecule has 1 aliphatic rings. The van der Waals surface area contributed by atoms with E-state index in [4.69, 9.17) is 15.4 Å². The number of anilines is 1. The molecule has 1 heterocycles. The van der Waals surface area contributed by atoms with Crippen LogP contribution in [-0.2, 0) is 0 Å². The first-order valence-corrected chi connectivity index (χ1v) is 7.02. The van der Waals surface area contributed by atoms with Gasteiger partial charge in [0, 0.05) is 18.5 Å². The number of rotatable bonds is 2. The molecule has 0 radical (unpaired) electrons. The van der Waals surface area contributed by atoms with Crippen LogP contribution in [0.2, 0.25) is 0 Å². The zero-order chi connectivity index (χ0) is 14.2. The predicted octanol–water partition coefficient (Wildman–Crippen LogP) is 3.03. The van der Waals surface area contributed by atoms with Crippen LogP contribution in [0.15, 0.2) is 34.9 Å². The van der Waals surface area contributed by atoms with Crippen LogP contribution >= 0.6 is 0 Å². The highest BCUT2D eigenvalue weighted by Crippen LogP contribution is 2.34. The van der Waals surface area contributed by atoms with Gasteiger partial charge in [0.2, 0.25) is 0 Å². The fourth-order valence-electron chi connectivity index (χ4n) is 3.05. The van der Waals surface area contributed by atoms with Crippen molar-refractivity contribution < 1.29 is 4.42 Å². The molecule has 0 saturated heterocycles. The molecule has 4 nitrogen and oxygen atoms in total. The summed E-state index contributed by atoms with van der Waals surface area (Å²) in [7, 11) is 2.10. The third-order valence-electron chi connectivity index (χ3n) is 4.46. The Labute approximate surface area is 118 Å². The Morgan fingerprint density at radius 1 is 1.35 bits per heavy atom. The molecule has 0 aliphatic heterocycles. The smallest absolute Gasteiger partial charge is 0.136 e. The summed E-state index contributed by atoms with van der Waals surface area (Å²) in [6.07, 6.45) is 5.22. The number of nitrogens with two attached hydrogens (primary N) is 1. The van der Waals surface area contributed by atoms with Gasteiger partial charge < -0.3 is 15.1 Å². The van der Waals surface area contributed by atoms with Gasteiger partial charge in [0.15, 0.2) is 0 Å². The van der Waals surface area contributed by atoms with E-state index in [2.05, 4.69) is 24.1 Å². The number of benzene rings is 1. The summed E-state index contributed by atoms with van der Waals surface area (Å²) in [6, 6.07) is 10.7. The largest absolute Gasteiger partial charge is 0.462 e. The molecule has 0 spiro atoms. The van der Waals surface area contributed by atoms with Crippen LogP contribution in [-0.4, -0.2) is 18.6 Å². The second-order valence-electron chi connectivity index (χ2n) is 5.73. The fourth-order valence-corrected chi connectivity index (χ4v) is 3.05. The van der Waals surface area contributed by atoms with Crippen LogP contribution in [0.3, 0.4) is 0 Å². The summed E-state index contributed by atoms with van der Waals surface area (Å²) in [5, 5.41) is 10.2. The summed E-state index contributed by atoms with van der Waals surface area (Å²) in [5.74, 6) is 0. The zero-order valence-corrected chi connectivity index (χ0v) is 11.7. The van der Waals surface area contributed by atoms with Gasteiger partial charge in [-0.2, -0.15) is 5.26 Å². The number of fused-ring (bicyclic) bond motifs is 1. The molecule has 0 atom stereocenters. The lowest BCUT2D eigenvalue weighted by atomic mass is 9.80. The Bertz CT molecular complexity index is 647. The van der Waals surface area contributed by atoms with Crippen molar-refractivity contribution >= 4 is 16.7 Å². The van der Waals surface area contributed by atoms with Crippen LogP contribution in [0.1, 0.15) is 25.7 Å². The molecule has 1 aliphatic carbocycles. The first kappa shape index (κ1) is 13.0. The standard InChI is InChI=1S/C16H19N3O/c1-19(12-6-8-16(18,11-17)9-7-12)14-10-20-15-5-3-2-4-13(14)15/h2-5,10,12H,6-9,18H2,1H3. The van der Waals surface area contributed by atoms with Crippen LogP contribution < -0.4 is 10.6 Å². The monoisotopic (exact) mass is 269 g/mol. The van der Waals surface area contributed by atoms with E-state index >= 15 is 0 Å². The SMILES string of the molecule is CN(c1coc2ccccc12)C1CCC(N)(C#N)CC1. The molecule has 0 amide bonds. The highest BCUT2D eigenvalue weighted by Gasteiger charge is 2.33. The molecule has 2 aromatic rings. The maximum absolute atomic E-state index is 9.10. The molecule has 1 aromatic carbocycles. The third-order valence-corrected chi connectivity index (χ3v) is 4.46. The lowest BCUT2D eigenvalue weighted by Gasteiger charge is -2.37. The van der Waals surface area contributed by atoms with Gasteiger partial charge in [0.05, 0.1) is 11.8 Å². The van der Waals surface area contributed by atoms with Crippen LogP contribution in [0, 0.1) is 11.3 Å². The number of hydrogen-bond acceptors (Lipinski definition) is 4. The second-order valence-corrected chi connectivity index (χ2v) is 5.73. The number of para-hydroxylation sites is 1. The maximum Gasteiger partial charge on any atom is 0.136 e. The molecule has 2 N–H and O–H groups in total. The molecule has 1 saturated carbocycles. The van der Waals surface area contributed by atoms with E-state index < -0.39 is 5.54 Å². The summed E-state index contributed by atoms with van der Waals surface area (Å²) in [5.41, 5.74) is 7.43. The Hall–Kier alpha value is -1.99. The van der Waals surface area contributed by atoms with Crippen LogP contribution in [0.5, 0.6) is 0 Å². The van der Waals surface area contributed by atoms with E-state index in [0.29, 0.717) is 6.04 Å². The van der Waals surface area contributed by atoms with E-state index in [0.717, 1.165) is 42.3 Å². The van der Waals surface area contributed by atoms with E-state index in [-0.39, 0.29) is 0 Å². The Balaban J connectivity index is 1.80. The minimum atomic E-state index is -0.629. The fraction of sp³-hybridized carbons (Fsp3) is 0.438. The third kappa shape index (κ3) is 2.14. The summed E-state index contributed by atoms with van der Waals surface area (Å²) in [6.45, 7) is 0. The highest BCUT2D eigenvalue weighted by atomic mass is 16.3. The number of nitrogens with zero attached hydrogens (tertiary/aromatic N) is 2. The molecular weight excluding hydrogens is 250 g/mol. The minimum absolute atomic E-state index is 0.418. The van der Waals surface area contributed by atoms with Gasteiger partial charge in [0.25, 0.3) is 0 Å². The van der Waals surface area contributed by atoms with Gasteiger partial charge in [0.1, 0.15) is 17.4 Å². The Morgan fingerprint density at radius 2 is 2.05 bits per heavy atom. The quantitative estimate of drug-likeness (QED) is 0.910. The van der Waals surface area contributed by atoms with Crippen LogP contribution in [0.4, 0.5) is 5.69 Å².